The van der Waals surface area contributed by atoms with Crippen LogP contribution in [0.15, 0.2) is 24.3 Å². The topological polar surface area (TPSA) is 38.3 Å². The number of ether oxygens (including phenoxy) is 1. The molecule has 2 aliphatic rings. The van der Waals surface area contributed by atoms with Crippen molar-refractivity contribution in [2.75, 3.05) is 11.9 Å². The Hall–Kier alpha value is -1.51. The van der Waals surface area contributed by atoms with Gasteiger partial charge in [0.15, 0.2) is 0 Å². The van der Waals surface area contributed by atoms with Crippen molar-refractivity contribution in [3.8, 4) is 0 Å². The Morgan fingerprint density at radius 3 is 2.55 bits per heavy atom. The van der Waals surface area contributed by atoms with E-state index in [0.717, 1.165) is 12.1 Å². The van der Waals surface area contributed by atoms with E-state index in [2.05, 4.69) is 43.4 Å². The minimum atomic E-state index is -0.176. The summed E-state index contributed by atoms with van der Waals surface area (Å²) >= 11 is 0. The van der Waals surface area contributed by atoms with Gasteiger partial charge in [-0.2, -0.15) is 0 Å². The second-order valence-electron chi connectivity index (χ2n) is 7.57. The average molecular weight is 301 g/mol. The molecule has 0 bridgehead atoms. The van der Waals surface area contributed by atoms with E-state index in [0.29, 0.717) is 17.9 Å². The molecule has 0 spiro atoms. The predicted octanol–water partition coefficient (Wildman–Crippen LogP) is 4.49. The summed E-state index contributed by atoms with van der Waals surface area (Å²) in [5.74, 6) is 0.558. The Labute approximate surface area is 133 Å². The zero-order chi connectivity index (χ0) is 15.6. The van der Waals surface area contributed by atoms with Gasteiger partial charge in [0, 0.05) is 12.1 Å². The molecule has 2 unspecified atom stereocenters. The molecule has 2 atom stereocenters. The first-order chi connectivity index (χ1) is 10.5. The van der Waals surface area contributed by atoms with Gasteiger partial charge in [-0.05, 0) is 54.7 Å². The highest BCUT2D eigenvalue weighted by Crippen LogP contribution is 2.40. The number of rotatable bonds is 3. The number of carbonyl (C=O) groups excluding carboxylic acids is 1. The number of anilines is 1. The fraction of sp³-hybridized carbons (Fsp3) is 0.632. The van der Waals surface area contributed by atoms with Gasteiger partial charge in [0.25, 0.3) is 0 Å². The second-order valence-corrected chi connectivity index (χ2v) is 7.57. The summed E-state index contributed by atoms with van der Waals surface area (Å²) < 4.78 is 4.99. The maximum absolute atomic E-state index is 11.5. The lowest BCUT2D eigenvalue weighted by Gasteiger charge is -2.22. The number of carbonyl (C=O) groups is 1. The second kappa shape index (κ2) is 6.31. The van der Waals surface area contributed by atoms with Crippen LogP contribution in [0.2, 0.25) is 0 Å². The largest absolute Gasteiger partial charge is 0.464 e. The number of esters is 1. The molecule has 0 radical (unpaired) electrons. The van der Waals surface area contributed by atoms with E-state index < -0.39 is 0 Å². The zero-order valence-electron chi connectivity index (χ0n) is 13.7. The molecule has 3 nitrogen and oxygen atoms in total. The van der Waals surface area contributed by atoms with E-state index in [-0.39, 0.29) is 12.0 Å². The molecule has 1 aromatic carbocycles. The first kappa shape index (κ1) is 15.4. The summed E-state index contributed by atoms with van der Waals surface area (Å²) in [7, 11) is 0. The van der Waals surface area contributed by atoms with Crippen LogP contribution in [0.5, 0.6) is 0 Å². The summed E-state index contributed by atoms with van der Waals surface area (Å²) in [5, 5.41) is 3.27. The highest BCUT2D eigenvalue weighted by Gasteiger charge is 2.27. The minimum Gasteiger partial charge on any atom is -0.464 e. The molecule has 120 valence electrons. The summed E-state index contributed by atoms with van der Waals surface area (Å²) in [6.45, 7) is 5.32. The predicted molar refractivity (Wildman–Crippen MR) is 89.0 cm³/mol. The molecule has 1 heterocycles. The van der Waals surface area contributed by atoms with Crippen LogP contribution < -0.4 is 5.32 Å². The van der Waals surface area contributed by atoms with Crippen molar-refractivity contribution in [3.05, 3.63) is 29.8 Å². The first-order valence-corrected chi connectivity index (χ1v) is 8.57. The van der Waals surface area contributed by atoms with Crippen LogP contribution in [-0.4, -0.2) is 18.6 Å². The Kier molecular flexibility index (Phi) is 4.42. The summed E-state index contributed by atoms with van der Waals surface area (Å²) in [6, 6.07) is 8.50. The highest BCUT2D eigenvalue weighted by atomic mass is 16.5. The number of benzene rings is 1. The minimum absolute atomic E-state index is 0.130. The van der Waals surface area contributed by atoms with E-state index in [9.17, 15) is 4.79 Å². The molecule has 3 heteroatoms. The molecule has 1 N–H and O–H groups in total. The highest BCUT2D eigenvalue weighted by molar-refractivity contribution is 5.80. The van der Waals surface area contributed by atoms with Crippen LogP contribution in [0.3, 0.4) is 0 Å². The van der Waals surface area contributed by atoms with E-state index in [4.69, 9.17) is 4.74 Å². The van der Waals surface area contributed by atoms with Gasteiger partial charge in [-0.25, -0.2) is 4.79 Å². The maximum Gasteiger partial charge on any atom is 0.328 e. The smallest absolute Gasteiger partial charge is 0.328 e. The van der Waals surface area contributed by atoms with Crippen LogP contribution >= 0.6 is 0 Å². The van der Waals surface area contributed by atoms with Crippen molar-refractivity contribution < 1.29 is 9.53 Å². The van der Waals surface area contributed by atoms with Crippen molar-refractivity contribution in [2.24, 2.45) is 5.41 Å². The molecular weight excluding hydrogens is 274 g/mol. The number of hydrogen-bond donors (Lipinski definition) is 1. The van der Waals surface area contributed by atoms with Crippen LogP contribution in [-0.2, 0) is 9.53 Å². The monoisotopic (exact) mass is 301 g/mol. The van der Waals surface area contributed by atoms with Crippen LogP contribution in [0, 0.1) is 5.41 Å². The lowest BCUT2D eigenvalue weighted by Crippen LogP contribution is -2.24. The van der Waals surface area contributed by atoms with Gasteiger partial charge in [0.2, 0.25) is 0 Å². The Balaban J connectivity index is 1.62. The molecule has 0 aromatic heterocycles. The standard InChI is InChI=1S/C19H27NO2/c1-19(2)11-3-4-14(9-12-19)15-5-7-16(8-6-15)20-17-10-13-22-18(17)21/h5-8,14,17,20H,3-4,9-13H2,1-2H3. The molecule has 1 aliphatic heterocycles. The van der Waals surface area contributed by atoms with Gasteiger partial charge in [-0.15, -0.1) is 0 Å². The third-order valence-electron chi connectivity index (χ3n) is 5.23. The van der Waals surface area contributed by atoms with Gasteiger partial charge in [0.1, 0.15) is 6.04 Å². The maximum atomic E-state index is 11.5. The SMILES string of the molecule is CC1(C)CCCC(c2ccc(NC3CCOC3=O)cc2)CC1. The summed E-state index contributed by atoms with van der Waals surface area (Å²) in [5.41, 5.74) is 2.96. The summed E-state index contributed by atoms with van der Waals surface area (Å²) in [6.07, 6.45) is 7.32. The zero-order valence-corrected chi connectivity index (χ0v) is 13.7. The van der Waals surface area contributed by atoms with E-state index in [1.165, 1.54) is 37.7 Å². The fourth-order valence-electron chi connectivity index (χ4n) is 3.67. The quantitative estimate of drug-likeness (QED) is 0.660. The van der Waals surface area contributed by atoms with Crippen molar-refractivity contribution in [3.63, 3.8) is 0 Å². The van der Waals surface area contributed by atoms with E-state index in [1.807, 2.05) is 0 Å². The molecule has 1 aliphatic carbocycles. The fourth-order valence-corrected chi connectivity index (χ4v) is 3.67. The van der Waals surface area contributed by atoms with Gasteiger partial charge < -0.3 is 10.1 Å². The van der Waals surface area contributed by atoms with Crippen molar-refractivity contribution in [1.82, 2.24) is 0 Å². The third kappa shape index (κ3) is 3.63. The molecule has 1 saturated carbocycles. The van der Waals surface area contributed by atoms with Gasteiger partial charge >= 0.3 is 5.97 Å². The van der Waals surface area contributed by atoms with E-state index in [1.54, 1.807) is 0 Å². The molecule has 1 aromatic rings. The van der Waals surface area contributed by atoms with Crippen LogP contribution in [0.25, 0.3) is 0 Å². The van der Waals surface area contributed by atoms with Crippen molar-refractivity contribution >= 4 is 11.7 Å². The van der Waals surface area contributed by atoms with Crippen LogP contribution in [0.1, 0.15) is 63.9 Å². The van der Waals surface area contributed by atoms with Crippen molar-refractivity contribution in [2.45, 2.75) is 64.3 Å². The first-order valence-electron chi connectivity index (χ1n) is 8.57. The third-order valence-corrected chi connectivity index (χ3v) is 5.23. The molecule has 2 fully saturated rings. The van der Waals surface area contributed by atoms with Gasteiger partial charge in [-0.3, -0.25) is 0 Å². The lowest BCUT2D eigenvalue weighted by atomic mass is 9.84. The Morgan fingerprint density at radius 1 is 1.09 bits per heavy atom. The number of cyclic esters (lactones) is 1. The average Bonchev–Trinajstić information content (AvgIpc) is 2.79. The number of nitrogens with one attached hydrogen (secondary N) is 1. The van der Waals surface area contributed by atoms with E-state index >= 15 is 0 Å². The van der Waals surface area contributed by atoms with Gasteiger partial charge in [-0.1, -0.05) is 32.4 Å². The molecule has 0 amide bonds. The normalized spacial score (nSPS) is 28.0. The Bertz CT molecular complexity index is 521. The molecule has 1 saturated heterocycles. The van der Waals surface area contributed by atoms with Gasteiger partial charge in [0.05, 0.1) is 6.61 Å². The molecule has 22 heavy (non-hydrogen) atoms. The molecule has 3 rings (SSSR count). The number of hydrogen-bond acceptors (Lipinski definition) is 3. The van der Waals surface area contributed by atoms with Crippen molar-refractivity contribution in [1.29, 1.82) is 0 Å². The van der Waals surface area contributed by atoms with Crippen LogP contribution in [0.4, 0.5) is 5.69 Å². The molecular formula is C19H27NO2. The lowest BCUT2D eigenvalue weighted by molar-refractivity contribution is -0.138. The summed E-state index contributed by atoms with van der Waals surface area (Å²) in [4.78, 5) is 11.5. The Morgan fingerprint density at radius 2 is 1.86 bits per heavy atom.